The van der Waals surface area contributed by atoms with Crippen LogP contribution in [0.4, 0.5) is 0 Å². The van der Waals surface area contributed by atoms with E-state index in [0.29, 0.717) is 24.3 Å². The molecule has 0 aromatic carbocycles. The van der Waals surface area contributed by atoms with E-state index in [1.165, 1.54) is 12.3 Å². The Morgan fingerprint density at radius 1 is 1.25 bits per heavy atom. The van der Waals surface area contributed by atoms with Gasteiger partial charge in [-0.15, -0.1) is 0 Å². The molecule has 7 heteroatoms. The van der Waals surface area contributed by atoms with E-state index >= 15 is 0 Å². The zero-order valence-corrected chi connectivity index (χ0v) is 13.6. The van der Waals surface area contributed by atoms with Crippen LogP contribution in [0.2, 0.25) is 0 Å². The van der Waals surface area contributed by atoms with Crippen molar-refractivity contribution in [2.24, 2.45) is 0 Å². The third kappa shape index (κ3) is 3.73. The van der Waals surface area contributed by atoms with Crippen molar-refractivity contribution in [1.82, 2.24) is 10.3 Å². The van der Waals surface area contributed by atoms with Crippen LogP contribution in [0, 0.1) is 0 Å². The van der Waals surface area contributed by atoms with Crippen LogP contribution < -0.4 is 10.9 Å². The minimum absolute atomic E-state index is 0.0676. The number of hydrogen-bond donors (Lipinski definition) is 3. The maximum Gasteiger partial charge on any atom is 0.305 e. The number of H-pyrrole nitrogens is 1. The summed E-state index contributed by atoms with van der Waals surface area (Å²) in [7, 11) is 0. The maximum absolute atomic E-state index is 12.4. The standard InChI is InChI=1S/C17H20N2O5/c1-3-17(4-2,10-14(20)21)19-16(23)11-7-8-12(18-15(11)22)13-6-5-9-24-13/h5-9H,3-4,10H2,1-2H3,(H,18,22)(H,19,23)(H,20,21). The zero-order chi connectivity index (χ0) is 17.7. The quantitative estimate of drug-likeness (QED) is 0.720. The second-order valence-electron chi connectivity index (χ2n) is 5.60. The Morgan fingerprint density at radius 3 is 2.46 bits per heavy atom. The van der Waals surface area contributed by atoms with Gasteiger partial charge in [-0.1, -0.05) is 13.8 Å². The van der Waals surface area contributed by atoms with Gasteiger partial charge in [0.25, 0.3) is 11.5 Å². The molecule has 2 heterocycles. The second kappa shape index (κ2) is 7.16. The van der Waals surface area contributed by atoms with Crippen molar-refractivity contribution in [2.75, 3.05) is 0 Å². The van der Waals surface area contributed by atoms with Crippen LogP contribution in [0.5, 0.6) is 0 Å². The Labute approximate surface area is 138 Å². The molecule has 0 atom stereocenters. The number of rotatable bonds is 7. The van der Waals surface area contributed by atoms with E-state index in [9.17, 15) is 14.4 Å². The van der Waals surface area contributed by atoms with Crippen LogP contribution in [-0.2, 0) is 4.79 Å². The maximum atomic E-state index is 12.4. The largest absolute Gasteiger partial charge is 0.481 e. The van der Waals surface area contributed by atoms with E-state index in [0.717, 1.165) is 0 Å². The predicted molar refractivity (Wildman–Crippen MR) is 87.8 cm³/mol. The van der Waals surface area contributed by atoms with Gasteiger partial charge in [0, 0.05) is 0 Å². The average molecular weight is 332 g/mol. The summed E-state index contributed by atoms with van der Waals surface area (Å²) in [6.07, 6.45) is 2.18. The topological polar surface area (TPSA) is 112 Å². The van der Waals surface area contributed by atoms with Crippen molar-refractivity contribution in [1.29, 1.82) is 0 Å². The lowest BCUT2D eigenvalue weighted by Crippen LogP contribution is -2.50. The van der Waals surface area contributed by atoms with E-state index in [1.807, 2.05) is 0 Å². The Kier molecular flexibility index (Phi) is 5.23. The fraction of sp³-hybridized carbons (Fsp3) is 0.353. The molecule has 0 fully saturated rings. The first-order valence-corrected chi connectivity index (χ1v) is 7.72. The van der Waals surface area contributed by atoms with Gasteiger partial charge in [-0.25, -0.2) is 0 Å². The lowest BCUT2D eigenvalue weighted by Gasteiger charge is -2.31. The normalized spacial score (nSPS) is 11.2. The van der Waals surface area contributed by atoms with Gasteiger partial charge in [-0.05, 0) is 37.1 Å². The molecule has 128 valence electrons. The predicted octanol–water partition coefficient (Wildman–Crippen LogP) is 2.40. The molecule has 2 aromatic rings. The average Bonchev–Trinajstić information content (AvgIpc) is 3.07. The van der Waals surface area contributed by atoms with Gasteiger partial charge < -0.3 is 19.8 Å². The summed E-state index contributed by atoms with van der Waals surface area (Å²) in [5, 5.41) is 11.8. The van der Waals surface area contributed by atoms with Crippen molar-refractivity contribution in [3.63, 3.8) is 0 Å². The third-order valence-corrected chi connectivity index (χ3v) is 4.16. The highest BCUT2D eigenvalue weighted by Gasteiger charge is 2.31. The number of nitrogens with one attached hydrogen (secondary N) is 2. The van der Waals surface area contributed by atoms with Gasteiger partial charge in [0.05, 0.1) is 23.9 Å². The zero-order valence-electron chi connectivity index (χ0n) is 13.6. The highest BCUT2D eigenvalue weighted by molar-refractivity contribution is 5.94. The van der Waals surface area contributed by atoms with Crippen LogP contribution in [0.15, 0.2) is 39.7 Å². The Bertz CT molecular complexity index is 773. The molecule has 0 aliphatic heterocycles. The number of pyridine rings is 1. The molecule has 7 nitrogen and oxygen atoms in total. The van der Waals surface area contributed by atoms with Gasteiger partial charge in [-0.2, -0.15) is 0 Å². The molecule has 0 radical (unpaired) electrons. The number of aromatic nitrogens is 1. The highest BCUT2D eigenvalue weighted by Crippen LogP contribution is 2.21. The first kappa shape index (κ1) is 17.5. The molecular weight excluding hydrogens is 312 g/mol. The van der Waals surface area contributed by atoms with Crippen LogP contribution in [0.25, 0.3) is 11.5 Å². The van der Waals surface area contributed by atoms with Crippen molar-refractivity contribution >= 4 is 11.9 Å². The summed E-state index contributed by atoms with van der Waals surface area (Å²) >= 11 is 0. The molecular formula is C17H20N2O5. The summed E-state index contributed by atoms with van der Waals surface area (Å²) in [6, 6.07) is 6.36. The number of carboxylic acids is 1. The number of aliphatic carboxylic acids is 1. The molecule has 0 unspecified atom stereocenters. The van der Waals surface area contributed by atoms with Gasteiger partial charge >= 0.3 is 5.97 Å². The number of carboxylic acid groups (broad SMARTS) is 1. The fourth-order valence-electron chi connectivity index (χ4n) is 2.55. The number of aromatic amines is 1. The molecule has 24 heavy (non-hydrogen) atoms. The number of carbonyl (C=O) groups is 2. The molecule has 3 N–H and O–H groups in total. The summed E-state index contributed by atoms with van der Waals surface area (Å²) in [5.41, 5.74) is -1.04. The van der Waals surface area contributed by atoms with Crippen LogP contribution in [0.3, 0.4) is 0 Å². The van der Waals surface area contributed by atoms with Gasteiger partial charge in [0.15, 0.2) is 0 Å². The Hall–Kier alpha value is -2.83. The van der Waals surface area contributed by atoms with Crippen molar-refractivity contribution < 1.29 is 19.1 Å². The smallest absolute Gasteiger partial charge is 0.305 e. The van der Waals surface area contributed by atoms with E-state index in [4.69, 9.17) is 9.52 Å². The lowest BCUT2D eigenvalue weighted by atomic mass is 9.88. The number of amides is 1. The number of carbonyl (C=O) groups excluding carboxylic acids is 1. The van der Waals surface area contributed by atoms with Crippen LogP contribution in [0.1, 0.15) is 43.5 Å². The second-order valence-corrected chi connectivity index (χ2v) is 5.60. The summed E-state index contributed by atoms with van der Waals surface area (Å²) in [6.45, 7) is 3.61. The molecule has 0 bridgehead atoms. The van der Waals surface area contributed by atoms with E-state index < -0.39 is 23.0 Å². The number of furan rings is 1. The summed E-state index contributed by atoms with van der Waals surface area (Å²) in [4.78, 5) is 38.3. The summed E-state index contributed by atoms with van der Waals surface area (Å²) < 4.78 is 5.20. The molecule has 0 aliphatic rings. The Balaban J connectivity index is 2.26. The van der Waals surface area contributed by atoms with E-state index in [2.05, 4.69) is 10.3 Å². The van der Waals surface area contributed by atoms with Crippen molar-refractivity contribution in [2.45, 2.75) is 38.6 Å². The first-order chi connectivity index (χ1) is 11.4. The molecule has 0 saturated heterocycles. The lowest BCUT2D eigenvalue weighted by molar-refractivity contribution is -0.138. The SMILES string of the molecule is CCC(CC)(CC(=O)O)NC(=O)c1ccc(-c2ccco2)[nH]c1=O. The molecule has 0 spiro atoms. The van der Waals surface area contributed by atoms with Crippen molar-refractivity contribution in [3.8, 4) is 11.5 Å². The molecule has 2 rings (SSSR count). The van der Waals surface area contributed by atoms with E-state index in [1.54, 1.807) is 32.0 Å². The first-order valence-electron chi connectivity index (χ1n) is 7.72. The monoisotopic (exact) mass is 332 g/mol. The van der Waals surface area contributed by atoms with Crippen LogP contribution in [-0.4, -0.2) is 27.5 Å². The molecule has 0 saturated carbocycles. The van der Waals surface area contributed by atoms with Gasteiger partial charge in [0.1, 0.15) is 11.3 Å². The van der Waals surface area contributed by atoms with Crippen molar-refractivity contribution in [3.05, 3.63) is 46.4 Å². The van der Waals surface area contributed by atoms with Crippen LogP contribution >= 0.6 is 0 Å². The molecule has 2 aromatic heterocycles. The fourth-order valence-corrected chi connectivity index (χ4v) is 2.55. The minimum Gasteiger partial charge on any atom is -0.481 e. The van der Waals surface area contributed by atoms with E-state index in [-0.39, 0.29) is 12.0 Å². The highest BCUT2D eigenvalue weighted by atomic mass is 16.4. The number of hydrogen-bond acceptors (Lipinski definition) is 4. The Morgan fingerprint density at radius 2 is 1.96 bits per heavy atom. The molecule has 0 aliphatic carbocycles. The van der Waals surface area contributed by atoms with Gasteiger partial charge in [0.2, 0.25) is 0 Å². The minimum atomic E-state index is -0.999. The third-order valence-electron chi connectivity index (χ3n) is 4.16. The van der Waals surface area contributed by atoms with Gasteiger partial charge in [-0.3, -0.25) is 14.4 Å². The summed E-state index contributed by atoms with van der Waals surface area (Å²) in [5.74, 6) is -1.10. The molecule has 1 amide bonds.